The van der Waals surface area contributed by atoms with E-state index in [9.17, 15) is 22.8 Å². The van der Waals surface area contributed by atoms with E-state index in [-0.39, 0.29) is 29.4 Å². The van der Waals surface area contributed by atoms with Crippen LogP contribution in [0.15, 0.2) is 40.6 Å². The summed E-state index contributed by atoms with van der Waals surface area (Å²) in [4.78, 5) is 41.9. The molecule has 0 radical (unpaired) electrons. The van der Waals surface area contributed by atoms with Gasteiger partial charge in [0.25, 0.3) is 5.91 Å². The molecule has 0 spiro atoms. The summed E-state index contributed by atoms with van der Waals surface area (Å²) in [5, 5.41) is 0. The first-order valence-corrected chi connectivity index (χ1v) is 11.3. The summed E-state index contributed by atoms with van der Waals surface area (Å²) in [6.45, 7) is 4.18. The lowest BCUT2D eigenvalue weighted by atomic mass is 9.96. The fraction of sp³-hybridized carbons (Fsp3) is 0.522. The van der Waals surface area contributed by atoms with Gasteiger partial charge in [0, 0.05) is 65.6 Å². The molecular formula is C23H29F3N6O4. The molecular weight excluding hydrogens is 481 g/mol. The van der Waals surface area contributed by atoms with Crippen LogP contribution in [0.25, 0.3) is 0 Å². The summed E-state index contributed by atoms with van der Waals surface area (Å²) >= 11 is 0. The Morgan fingerprint density at radius 3 is 2.64 bits per heavy atom. The molecule has 196 valence electrons. The van der Waals surface area contributed by atoms with E-state index < -0.39 is 18.9 Å². The maximum absolute atomic E-state index is 12.8. The second-order valence-corrected chi connectivity index (χ2v) is 8.66. The Morgan fingerprint density at radius 2 is 2.06 bits per heavy atom. The second kappa shape index (κ2) is 11.4. The highest BCUT2D eigenvalue weighted by molar-refractivity contribution is 5.97. The third kappa shape index (κ3) is 7.18. The number of hydrogen-bond acceptors (Lipinski definition) is 6. The molecule has 2 amide bonds. The monoisotopic (exact) mass is 510 g/mol. The summed E-state index contributed by atoms with van der Waals surface area (Å²) in [5.74, 6) is 0.530. The van der Waals surface area contributed by atoms with Crippen molar-refractivity contribution in [2.24, 2.45) is 15.9 Å². The lowest BCUT2D eigenvalue weighted by Gasteiger charge is -2.39. The van der Waals surface area contributed by atoms with Gasteiger partial charge in [0.15, 0.2) is 12.7 Å². The molecule has 3 rings (SSSR count). The minimum absolute atomic E-state index is 0.0809. The van der Waals surface area contributed by atoms with Crippen molar-refractivity contribution in [2.45, 2.75) is 25.1 Å². The van der Waals surface area contributed by atoms with E-state index in [4.69, 9.17) is 4.74 Å². The van der Waals surface area contributed by atoms with Gasteiger partial charge < -0.3 is 24.2 Å². The number of alkyl halides is 3. The number of rotatable bonds is 8. The minimum Gasteiger partial charge on any atom is -0.479 e. The third-order valence-electron chi connectivity index (χ3n) is 5.61. The predicted molar refractivity (Wildman–Crippen MR) is 126 cm³/mol. The molecule has 2 fully saturated rings. The molecule has 36 heavy (non-hydrogen) atoms. The van der Waals surface area contributed by atoms with E-state index >= 15 is 0 Å². The summed E-state index contributed by atoms with van der Waals surface area (Å²) in [6.07, 6.45) is -1.72. The normalized spacial score (nSPS) is 19.0. The summed E-state index contributed by atoms with van der Waals surface area (Å²) in [6, 6.07) is 2.63. The van der Waals surface area contributed by atoms with Gasteiger partial charge in [-0.1, -0.05) is 6.58 Å². The number of hydrogen-bond donors (Lipinski definition) is 0. The van der Waals surface area contributed by atoms with Gasteiger partial charge in [-0.15, -0.1) is 0 Å². The Morgan fingerprint density at radius 1 is 1.33 bits per heavy atom. The molecule has 0 aliphatic carbocycles. The smallest absolute Gasteiger partial charge is 0.422 e. The number of halogens is 3. The Kier molecular flexibility index (Phi) is 8.53. The van der Waals surface area contributed by atoms with Crippen LogP contribution in [0.1, 0.15) is 12.8 Å². The summed E-state index contributed by atoms with van der Waals surface area (Å²) in [7, 11) is 5.08. The number of nitrogens with zero attached hydrogens (tertiary/aromatic N) is 6. The van der Waals surface area contributed by atoms with Crippen LogP contribution in [-0.4, -0.2) is 103 Å². The molecule has 0 unspecified atom stereocenters. The summed E-state index contributed by atoms with van der Waals surface area (Å²) in [5.41, 5.74) is 0.376. The van der Waals surface area contributed by atoms with Gasteiger partial charge in [-0.05, 0) is 6.07 Å². The molecule has 2 aliphatic rings. The number of carbonyl (C=O) groups excluding carboxylic acids is 2. The second-order valence-electron chi connectivity index (χ2n) is 8.66. The molecule has 2 aliphatic heterocycles. The van der Waals surface area contributed by atoms with Gasteiger partial charge >= 0.3 is 6.18 Å². The maximum Gasteiger partial charge on any atom is 0.422 e. The van der Waals surface area contributed by atoms with Crippen molar-refractivity contribution in [3.8, 4) is 11.6 Å². The van der Waals surface area contributed by atoms with E-state index in [1.165, 1.54) is 29.4 Å². The highest BCUT2D eigenvalue weighted by atomic mass is 19.4. The first-order chi connectivity index (χ1) is 17.0. The van der Waals surface area contributed by atoms with Crippen LogP contribution >= 0.6 is 0 Å². The largest absolute Gasteiger partial charge is 0.479 e. The Hall–Kier alpha value is -3.64. The number of allylic oxidation sites excluding steroid dienone is 1. The van der Waals surface area contributed by atoms with E-state index in [1.807, 2.05) is 4.90 Å². The number of ether oxygens (including phenoxy) is 2. The third-order valence-corrected chi connectivity index (χ3v) is 5.61. The molecule has 0 saturated carbocycles. The fourth-order valence-electron chi connectivity index (χ4n) is 3.66. The van der Waals surface area contributed by atoms with Gasteiger partial charge in [0.2, 0.25) is 17.7 Å². The maximum atomic E-state index is 12.8. The average molecular weight is 511 g/mol. The Bertz CT molecular complexity index is 1020. The van der Waals surface area contributed by atoms with Crippen molar-refractivity contribution in [2.75, 3.05) is 47.4 Å². The van der Waals surface area contributed by atoms with Crippen LogP contribution < -0.4 is 9.47 Å². The molecule has 10 nitrogen and oxygen atoms in total. The van der Waals surface area contributed by atoms with Crippen molar-refractivity contribution < 1.29 is 32.2 Å². The quantitative estimate of drug-likeness (QED) is 0.392. The van der Waals surface area contributed by atoms with Gasteiger partial charge in [0.1, 0.15) is 5.75 Å². The first kappa shape index (κ1) is 27.0. The number of likely N-dealkylation sites (tertiary alicyclic amines) is 2. The number of guanidine groups is 1. The number of aromatic nitrogens is 1. The van der Waals surface area contributed by atoms with Crippen LogP contribution in [0.5, 0.6) is 11.6 Å². The molecule has 1 aromatic rings. The molecule has 1 aromatic heterocycles. The van der Waals surface area contributed by atoms with Gasteiger partial charge in [-0.2, -0.15) is 13.2 Å². The first-order valence-electron chi connectivity index (χ1n) is 11.3. The van der Waals surface area contributed by atoms with Crippen molar-refractivity contribution >= 4 is 24.0 Å². The van der Waals surface area contributed by atoms with E-state index in [0.29, 0.717) is 44.1 Å². The average Bonchev–Trinajstić information content (AvgIpc) is 3.16. The zero-order chi connectivity index (χ0) is 26.5. The lowest BCUT2D eigenvalue weighted by Crippen LogP contribution is -2.50. The van der Waals surface area contributed by atoms with Crippen molar-refractivity contribution in [3.63, 3.8) is 0 Å². The minimum atomic E-state index is -4.46. The van der Waals surface area contributed by atoms with Gasteiger partial charge in [0.05, 0.1) is 18.1 Å². The van der Waals surface area contributed by atoms with E-state index in [0.717, 1.165) is 0 Å². The molecule has 0 aromatic carbocycles. The zero-order valence-corrected chi connectivity index (χ0v) is 20.4. The predicted octanol–water partition coefficient (Wildman–Crippen LogP) is 1.98. The van der Waals surface area contributed by atoms with Crippen LogP contribution in [0.2, 0.25) is 0 Å². The SMILES string of the molecule is C=C(/C=N\C(=N/C)N1CC(CC(=O)N(C)C)C1)N1CC[C@@H](Oc2ccc(OCC(F)(F)F)nc2)C1=O. The number of pyridine rings is 1. The molecule has 1 atom stereocenters. The van der Waals surface area contributed by atoms with E-state index in [1.54, 1.807) is 26.0 Å². The number of aliphatic imine (C=N–C) groups is 2. The molecule has 2 saturated heterocycles. The van der Waals surface area contributed by atoms with E-state index in [2.05, 4.69) is 26.3 Å². The Labute approximate surface area is 207 Å². The van der Waals surface area contributed by atoms with Crippen molar-refractivity contribution in [3.05, 3.63) is 30.6 Å². The van der Waals surface area contributed by atoms with Gasteiger partial charge in [-0.3, -0.25) is 14.6 Å². The highest BCUT2D eigenvalue weighted by Crippen LogP contribution is 2.24. The van der Waals surface area contributed by atoms with Gasteiger partial charge in [-0.25, -0.2) is 9.98 Å². The molecule has 0 N–H and O–H groups in total. The number of carbonyl (C=O) groups is 2. The lowest BCUT2D eigenvalue weighted by molar-refractivity contribution is -0.154. The molecule has 3 heterocycles. The van der Waals surface area contributed by atoms with Crippen LogP contribution in [0.4, 0.5) is 13.2 Å². The topological polar surface area (TPSA) is 99.9 Å². The van der Waals surface area contributed by atoms with Crippen LogP contribution in [0.3, 0.4) is 0 Å². The van der Waals surface area contributed by atoms with Crippen molar-refractivity contribution in [1.29, 1.82) is 0 Å². The van der Waals surface area contributed by atoms with Crippen LogP contribution in [-0.2, 0) is 9.59 Å². The molecule has 0 bridgehead atoms. The summed E-state index contributed by atoms with van der Waals surface area (Å²) < 4.78 is 46.9. The zero-order valence-electron chi connectivity index (χ0n) is 20.4. The van der Waals surface area contributed by atoms with Crippen LogP contribution in [0, 0.1) is 5.92 Å². The standard InChI is InChI=1S/C23H29F3N6O4/c1-15(10-29-22(27-2)31-12-16(13-31)9-20(33)30(3)4)32-8-7-18(21(32)34)36-17-5-6-19(28-11-17)35-14-23(24,25)26/h5-6,10-11,16,18H,1,7-9,12-14H2,2-4H3/b27-22+,29-10-/t18-/m1/s1. The fourth-order valence-corrected chi connectivity index (χ4v) is 3.66. The highest BCUT2D eigenvalue weighted by Gasteiger charge is 2.35. The Balaban J connectivity index is 1.48. The molecule has 13 heteroatoms. The van der Waals surface area contributed by atoms with Crippen molar-refractivity contribution in [1.82, 2.24) is 19.7 Å². The number of amides is 2.